The number of nitrogens with zero attached hydrogens (tertiary/aromatic N) is 2. The molecule has 1 atom stereocenters. The number of thiazole rings is 1. The van der Waals surface area contributed by atoms with Crippen LogP contribution in [0.15, 0.2) is 4.99 Å². The Bertz CT molecular complexity index is 608. The third kappa shape index (κ3) is 7.22. The Morgan fingerprint density at radius 3 is 2.59 bits per heavy atom. The predicted octanol–water partition coefficient (Wildman–Crippen LogP) is 1.64. The van der Waals surface area contributed by atoms with Gasteiger partial charge < -0.3 is 10.6 Å². The quantitative estimate of drug-likeness (QED) is 0.579. The van der Waals surface area contributed by atoms with E-state index in [2.05, 4.69) is 20.6 Å². The average Bonchev–Trinajstić information content (AvgIpc) is 2.71. The second-order valence-electron chi connectivity index (χ2n) is 5.40. The van der Waals surface area contributed by atoms with E-state index in [1.807, 2.05) is 27.7 Å². The highest BCUT2D eigenvalue weighted by atomic mass is 32.2. The normalized spacial score (nSPS) is 14.0. The van der Waals surface area contributed by atoms with Crippen LogP contribution in [0, 0.1) is 13.8 Å². The molecule has 2 N–H and O–H groups in total. The second-order valence-corrected chi connectivity index (χ2v) is 8.95. The lowest BCUT2D eigenvalue weighted by Gasteiger charge is -2.17. The number of aliphatic imine (C=N–C) groups is 1. The van der Waals surface area contributed by atoms with Gasteiger partial charge in [-0.25, -0.2) is 18.4 Å². The molecule has 1 aromatic heterocycles. The molecule has 0 aliphatic heterocycles. The van der Waals surface area contributed by atoms with Gasteiger partial charge in [-0.15, -0.1) is 11.3 Å². The van der Waals surface area contributed by atoms with E-state index < -0.39 is 9.84 Å². The van der Waals surface area contributed by atoms with E-state index in [1.165, 1.54) is 6.26 Å². The summed E-state index contributed by atoms with van der Waals surface area (Å²) >= 11 is 1.65. The molecule has 0 aromatic carbocycles. The van der Waals surface area contributed by atoms with Crippen molar-refractivity contribution in [3.8, 4) is 0 Å². The topological polar surface area (TPSA) is 83.4 Å². The molecule has 0 aliphatic carbocycles. The summed E-state index contributed by atoms with van der Waals surface area (Å²) in [6.07, 6.45) is 1.82. The van der Waals surface area contributed by atoms with Crippen LogP contribution < -0.4 is 10.6 Å². The number of nitrogens with one attached hydrogen (secondary N) is 2. The van der Waals surface area contributed by atoms with Crippen molar-refractivity contribution in [2.45, 2.75) is 46.7 Å². The van der Waals surface area contributed by atoms with Crippen LogP contribution in [0.25, 0.3) is 0 Å². The Labute approximate surface area is 137 Å². The molecule has 6 nitrogen and oxygen atoms in total. The maximum atomic E-state index is 11.2. The zero-order valence-electron chi connectivity index (χ0n) is 13.9. The predicted molar refractivity (Wildman–Crippen MR) is 93.3 cm³/mol. The van der Waals surface area contributed by atoms with E-state index in [0.717, 1.165) is 22.1 Å². The molecular weight excluding hydrogens is 320 g/mol. The molecule has 1 rings (SSSR count). The Hall–Kier alpha value is -1.15. The number of hydrogen-bond donors (Lipinski definition) is 2. The second kappa shape index (κ2) is 8.47. The molecule has 1 unspecified atom stereocenters. The van der Waals surface area contributed by atoms with Crippen molar-refractivity contribution in [3.05, 3.63) is 15.6 Å². The summed E-state index contributed by atoms with van der Waals surface area (Å²) in [6, 6.07) is 0.0387. The summed E-state index contributed by atoms with van der Waals surface area (Å²) in [5, 5.41) is 7.47. The minimum atomic E-state index is -2.93. The van der Waals surface area contributed by atoms with Gasteiger partial charge >= 0.3 is 0 Å². The standard InChI is InChI=1S/C14H26N4O2S2/c1-6-15-14(17-10(2)7-8-22(5,19)20)16-9-13-11(3)18-12(4)21-13/h10H,6-9H2,1-5H3,(H2,15,16,17). The molecule has 0 aliphatic rings. The van der Waals surface area contributed by atoms with E-state index in [0.29, 0.717) is 18.9 Å². The highest BCUT2D eigenvalue weighted by Gasteiger charge is 2.10. The zero-order chi connectivity index (χ0) is 16.8. The molecule has 1 heterocycles. The van der Waals surface area contributed by atoms with Gasteiger partial charge in [0.05, 0.1) is 23.0 Å². The van der Waals surface area contributed by atoms with E-state index in [9.17, 15) is 8.42 Å². The van der Waals surface area contributed by atoms with E-state index in [4.69, 9.17) is 0 Å². The first-order valence-electron chi connectivity index (χ1n) is 7.36. The summed E-state index contributed by atoms with van der Waals surface area (Å²) in [4.78, 5) is 10.1. The maximum Gasteiger partial charge on any atom is 0.191 e. The fraction of sp³-hybridized carbons (Fsp3) is 0.714. The van der Waals surface area contributed by atoms with Crippen LogP contribution >= 0.6 is 11.3 Å². The number of hydrogen-bond acceptors (Lipinski definition) is 5. The van der Waals surface area contributed by atoms with Crippen molar-refractivity contribution in [2.24, 2.45) is 4.99 Å². The van der Waals surface area contributed by atoms with Crippen LogP contribution in [0.1, 0.15) is 35.8 Å². The first-order chi connectivity index (χ1) is 10.2. The average molecular weight is 347 g/mol. The highest BCUT2D eigenvalue weighted by Crippen LogP contribution is 2.17. The molecule has 0 saturated carbocycles. The van der Waals surface area contributed by atoms with Gasteiger partial charge in [-0.05, 0) is 34.1 Å². The summed E-state index contributed by atoms with van der Waals surface area (Å²) < 4.78 is 22.4. The van der Waals surface area contributed by atoms with E-state index in [1.54, 1.807) is 11.3 Å². The fourth-order valence-electron chi connectivity index (χ4n) is 1.89. The molecule has 0 spiro atoms. The third-order valence-corrected chi connectivity index (χ3v) is 5.06. The van der Waals surface area contributed by atoms with Gasteiger partial charge in [-0.2, -0.15) is 0 Å². The van der Waals surface area contributed by atoms with Crippen molar-refractivity contribution >= 4 is 27.1 Å². The lowest BCUT2D eigenvalue weighted by Crippen LogP contribution is -2.42. The largest absolute Gasteiger partial charge is 0.357 e. The van der Waals surface area contributed by atoms with Crippen LogP contribution in [-0.4, -0.2) is 44.0 Å². The SMILES string of the molecule is CCNC(=NCc1sc(C)nc1C)NC(C)CCS(C)(=O)=O. The van der Waals surface area contributed by atoms with Crippen molar-refractivity contribution < 1.29 is 8.42 Å². The summed E-state index contributed by atoms with van der Waals surface area (Å²) in [6.45, 7) is 9.27. The van der Waals surface area contributed by atoms with E-state index in [-0.39, 0.29) is 11.8 Å². The molecule has 0 amide bonds. The summed E-state index contributed by atoms with van der Waals surface area (Å²) in [5.41, 5.74) is 1.02. The minimum Gasteiger partial charge on any atom is -0.357 e. The van der Waals surface area contributed by atoms with Crippen molar-refractivity contribution in [1.29, 1.82) is 0 Å². The zero-order valence-corrected chi connectivity index (χ0v) is 15.6. The molecule has 0 bridgehead atoms. The number of aryl methyl sites for hydroxylation is 2. The maximum absolute atomic E-state index is 11.2. The van der Waals surface area contributed by atoms with Gasteiger partial charge in [0.15, 0.2) is 5.96 Å². The van der Waals surface area contributed by atoms with Crippen LogP contribution in [0.4, 0.5) is 0 Å². The van der Waals surface area contributed by atoms with Gasteiger partial charge in [0, 0.05) is 23.7 Å². The fourth-order valence-corrected chi connectivity index (χ4v) is 3.53. The minimum absolute atomic E-state index is 0.0387. The molecule has 8 heteroatoms. The van der Waals surface area contributed by atoms with Gasteiger partial charge in [0.25, 0.3) is 0 Å². The van der Waals surface area contributed by atoms with Gasteiger partial charge in [-0.3, -0.25) is 0 Å². The monoisotopic (exact) mass is 346 g/mol. The van der Waals surface area contributed by atoms with Crippen molar-refractivity contribution in [2.75, 3.05) is 18.6 Å². The lowest BCUT2D eigenvalue weighted by atomic mass is 10.3. The van der Waals surface area contributed by atoms with Gasteiger partial charge in [0.2, 0.25) is 0 Å². The summed E-state index contributed by atoms with van der Waals surface area (Å²) in [5.74, 6) is 0.877. The third-order valence-electron chi connectivity index (χ3n) is 3.03. The first-order valence-corrected chi connectivity index (χ1v) is 10.2. The molecule has 0 saturated heterocycles. The molecule has 1 aromatic rings. The van der Waals surface area contributed by atoms with Crippen LogP contribution in [0.5, 0.6) is 0 Å². The number of rotatable bonds is 7. The number of guanidine groups is 1. The molecule has 126 valence electrons. The van der Waals surface area contributed by atoms with E-state index >= 15 is 0 Å². The van der Waals surface area contributed by atoms with Gasteiger partial charge in [-0.1, -0.05) is 0 Å². The summed E-state index contributed by atoms with van der Waals surface area (Å²) in [7, 11) is -2.93. The molecule has 0 radical (unpaired) electrons. The van der Waals surface area contributed by atoms with Crippen molar-refractivity contribution in [3.63, 3.8) is 0 Å². The Morgan fingerprint density at radius 2 is 2.09 bits per heavy atom. The molecule has 22 heavy (non-hydrogen) atoms. The molecular formula is C14H26N4O2S2. The highest BCUT2D eigenvalue weighted by molar-refractivity contribution is 7.90. The van der Waals surface area contributed by atoms with Crippen LogP contribution in [-0.2, 0) is 16.4 Å². The smallest absolute Gasteiger partial charge is 0.191 e. The number of aromatic nitrogens is 1. The lowest BCUT2D eigenvalue weighted by molar-refractivity contribution is 0.581. The van der Waals surface area contributed by atoms with Crippen molar-refractivity contribution in [1.82, 2.24) is 15.6 Å². The number of sulfone groups is 1. The first kappa shape index (κ1) is 18.9. The Morgan fingerprint density at radius 1 is 1.41 bits per heavy atom. The van der Waals surface area contributed by atoms with Gasteiger partial charge in [0.1, 0.15) is 9.84 Å². The Balaban J connectivity index is 2.64. The Kier molecular flexibility index (Phi) is 7.28. The molecule has 0 fully saturated rings. The van der Waals surface area contributed by atoms with Crippen LogP contribution in [0.2, 0.25) is 0 Å². The van der Waals surface area contributed by atoms with Crippen LogP contribution in [0.3, 0.4) is 0 Å².